The maximum atomic E-state index is 13.3. The fraction of sp³-hybridized carbons (Fsp3) is 0.0625. The van der Waals surface area contributed by atoms with Gasteiger partial charge in [-0.1, -0.05) is 36.4 Å². The van der Waals surface area contributed by atoms with Crippen molar-refractivity contribution in [2.45, 2.75) is 12.8 Å². The van der Waals surface area contributed by atoms with Crippen molar-refractivity contribution in [3.63, 3.8) is 0 Å². The first-order valence-electron chi connectivity index (χ1n) is 12.8. The summed E-state index contributed by atoms with van der Waals surface area (Å²) >= 11 is 0. The molecule has 2 aliphatic rings. The molecule has 10 heteroatoms. The first-order valence-corrected chi connectivity index (χ1v) is 12.8. The second kappa shape index (κ2) is 9.93. The molecule has 4 aromatic carbocycles. The highest BCUT2D eigenvalue weighted by atomic mass is 16.4. The van der Waals surface area contributed by atoms with Crippen LogP contribution < -0.4 is 9.80 Å². The van der Waals surface area contributed by atoms with Crippen LogP contribution in [-0.2, 0) is 22.4 Å². The summed E-state index contributed by atoms with van der Waals surface area (Å²) in [6.45, 7) is 0. The normalized spacial score (nSPS) is 13.9. The number of imide groups is 2. The molecular weight excluding hydrogens is 540 g/mol. The van der Waals surface area contributed by atoms with E-state index in [0.29, 0.717) is 33.6 Å². The maximum Gasteiger partial charge on any atom is 0.307 e. The number of hydrogen-bond donors (Lipinski definition) is 2. The van der Waals surface area contributed by atoms with Gasteiger partial charge < -0.3 is 10.2 Å². The number of nitrogens with zero attached hydrogens (tertiary/aromatic N) is 2. The van der Waals surface area contributed by atoms with E-state index < -0.39 is 35.6 Å². The zero-order valence-electron chi connectivity index (χ0n) is 21.7. The van der Waals surface area contributed by atoms with Gasteiger partial charge in [0.25, 0.3) is 23.6 Å². The molecule has 0 spiro atoms. The summed E-state index contributed by atoms with van der Waals surface area (Å²) in [4.78, 5) is 76.7. The number of carboxylic acid groups (broad SMARTS) is 2. The van der Waals surface area contributed by atoms with Gasteiger partial charge in [-0.25, -0.2) is 9.80 Å². The highest BCUT2D eigenvalue weighted by Crippen LogP contribution is 2.35. The van der Waals surface area contributed by atoms with E-state index in [-0.39, 0.29) is 35.1 Å². The number of anilines is 2. The molecule has 206 valence electrons. The number of amides is 4. The molecular formula is C32H20N2O8. The number of aliphatic carboxylic acids is 2. The predicted molar refractivity (Wildman–Crippen MR) is 150 cm³/mol. The molecule has 0 saturated carbocycles. The molecule has 4 amide bonds. The molecule has 0 radical (unpaired) electrons. The third-order valence-electron chi connectivity index (χ3n) is 7.21. The van der Waals surface area contributed by atoms with Crippen molar-refractivity contribution in [1.82, 2.24) is 0 Å². The molecule has 0 bridgehead atoms. The molecule has 0 aromatic heterocycles. The Morgan fingerprint density at radius 2 is 0.810 bits per heavy atom. The van der Waals surface area contributed by atoms with E-state index in [0.717, 1.165) is 9.80 Å². The summed E-state index contributed by atoms with van der Waals surface area (Å²) in [5, 5.41) is 17.9. The smallest absolute Gasteiger partial charge is 0.307 e. The Labute approximate surface area is 238 Å². The van der Waals surface area contributed by atoms with Crippen LogP contribution in [-0.4, -0.2) is 45.8 Å². The van der Waals surface area contributed by atoms with E-state index in [1.807, 2.05) is 0 Å². The molecule has 2 aliphatic heterocycles. The van der Waals surface area contributed by atoms with Gasteiger partial charge in [-0.3, -0.25) is 28.8 Å². The molecule has 0 unspecified atom stereocenters. The average Bonchev–Trinajstić information content (AvgIpc) is 3.37. The number of carbonyl (C=O) groups excluding carboxylic acids is 4. The van der Waals surface area contributed by atoms with Gasteiger partial charge in [0.2, 0.25) is 0 Å². The van der Waals surface area contributed by atoms with Gasteiger partial charge >= 0.3 is 11.9 Å². The fourth-order valence-electron chi connectivity index (χ4n) is 5.18. The Bertz CT molecular complexity index is 1720. The van der Waals surface area contributed by atoms with Crippen LogP contribution in [0.5, 0.6) is 0 Å². The molecule has 2 N–H and O–H groups in total. The summed E-state index contributed by atoms with van der Waals surface area (Å²) in [5.41, 5.74) is 3.60. The average molecular weight is 561 g/mol. The quantitative estimate of drug-likeness (QED) is 0.319. The Hall–Kier alpha value is -5.90. The second-order valence-electron chi connectivity index (χ2n) is 9.89. The highest BCUT2D eigenvalue weighted by Gasteiger charge is 2.38. The van der Waals surface area contributed by atoms with Gasteiger partial charge in [0.15, 0.2) is 0 Å². The fourth-order valence-corrected chi connectivity index (χ4v) is 5.18. The second-order valence-corrected chi connectivity index (χ2v) is 9.89. The lowest BCUT2D eigenvalue weighted by Crippen LogP contribution is -2.29. The monoisotopic (exact) mass is 560 g/mol. The van der Waals surface area contributed by atoms with E-state index in [9.17, 15) is 28.8 Å². The molecule has 0 fully saturated rings. The largest absolute Gasteiger partial charge is 0.481 e. The summed E-state index contributed by atoms with van der Waals surface area (Å²) in [5.74, 6) is -4.07. The van der Waals surface area contributed by atoms with Crippen molar-refractivity contribution in [2.24, 2.45) is 0 Å². The van der Waals surface area contributed by atoms with Crippen LogP contribution in [0.15, 0.2) is 84.9 Å². The first-order chi connectivity index (χ1) is 20.1. The number of benzene rings is 4. The number of carbonyl (C=O) groups is 6. The third kappa shape index (κ3) is 4.40. The van der Waals surface area contributed by atoms with Crippen molar-refractivity contribution in [1.29, 1.82) is 0 Å². The van der Waals surface area contributed by atoms with Gasteiger partial charge in [-0.15, -0.1) is 0 Å². The van der Waals surface area contributed by atoms with Crippen molar-refractivity contribution >= 4 is 46.9 Å². The molecule has 0 atom stereocenters. The van der Waals surface area contributed by atoms with E-state index in [2.05, 4.69) is 0 Å². The molecule has 0 saturated heterocycles. The molecule has 2 heterocycles. The van der Waals surface area contributed by atoms with Crippen molar-refractivity contribution < 1.29 is 39.0 Å². The standard InChI is InChI=1S/C32H20N2O8/c35-27(36)13-17-1-7-21(8-2-17)33-29(39)23-11-5-19(15-25(23)31(33)41)20-6-12-24-26(16-20)32(42)34(30(24)40)22-9-3-18(4-10-22)14-28(37)38/h1-12,15-16H,13-14H2,(H,35,36)(H,37,38). The Morgan fingerprint density at radius 3 is 1.14 bits per heavy atom. The Morgan fingerprint density at radius 1 is 0.476 bits per heavy atom. The lowest BCUT2D eigenvalue weighted by Gasteiger charge is -2.14. The SMILES string of the molecule is O=C(O)Cc1ccc(N2C(=O)c3ccc(-c4ccc5c(c4)C(=O)N(c4ccc(CC(=O)O)cc4)C5=O)cc3C2=O)cc1. The molecule has 6 rings (SSSR count). The molecule has 0 aliphatic carbocycles. The van der Waals surface area contributed by atoms with Crippen LogP contribution >= 0.6 is 0 Å². The maximum absolute atomic E-state index is 13.3. The van der Waals surface area contributed by atoms with Crippen molar-refractivity contribution in [3.05, 3.63) is 118 Å². The van der Waals surface area contributed by atoms with Crippen LogP contribution in [0.25, 0.3) is 11.1 Å². The number of carboxylic acids is 2. The summed E-state index contributed by atoms with van der Waals surface area (Å²) in [6, 6.07) is 21.8. The Kier molecular flexibility index (Phi) is 6.23. The summed E-state index contributed by atoms with van der Waals surface area (Å²) in [7, 11) is 0. The van der Waals surface area contributed by atoms with E-state index >= 15 is 0 Å². The summed E-state index contributed by atoms with van der Waals surface area (Å²) < 4.78 is 0. The number of rotatable bonds is 7. The van der Waals surface area contributed by atoms with Crippen molar-refractivity contribution in [2.75, 3.05) is 9.80 Å². The van der Waals surface area contributed by atoms with Gasteiger partial charge in [-0.05, 0) is 70.8 Å². The van der Waals surface area contributed by atoms with Crippen LogP contribution in [0.4, 0.5) is 11.4 Å². The molecule has 4 aromatic rings. The predicted octanol–water partition coefficient (Wildman–Crippen LogP) is 4.21. The molecule has 10 nitrogen and oxygen atoms in total. The van der Waals surface area contributed by atoms with Crippen LogP contribution in [0.2, 0.25) is 0 Å². The zero-order valence-corrected chi connectivity index (χ0v) is 21.7. The minimum Gasteiger partial charge on any atom is -0.481 e. The third-order valence-corrected chi connectivity index (χ3v) is 7.21. The first kappa shape index (κ1) is 26.3. The zero-order chi connectivity index (χ0) is 29.7. The summed E-state index contributed by atoms with van der Waals surface area (Å²) in [6.07, 6.45) is -0.366. The van der Waals surface area contributed by atoms with Gasteiger partial charge in [0.1, 0.15) is 0 Å². The molecule has 42 heavy (non-hydrogen) atoms. The van der Waals surface area contributed by atoms with Gasteiger partial charge in [-0.2, -0.15) is 0 Å². The lowest BCUT2D eigenvalue weighted by atomic mass is 9.97. The topological polar surface area (TPSA) is 149 Å². The van der Waals surface area contributed by atoms with Gasteiger partial charge in [0.05, 0.1) is 46.5 Å². The lowest BCUT2D eigenvalue weighted by molar-refractivity contribution is -0.137. The number of hydrogen-bond acceptors (Lipinski definition) is 6. The van der Waals surface area contributed by atoms with E-state index in [1.165, 1.54) is 36.4 Å². The van der Waals surface area contributed by atoms with E-state index in [4.69, 9.17) is 10.2 Å². The Balaban J connectivity index is 1.27. The van der Waals surface area contributed by atoms with Crippen LogP contribution in [0.1, 0.15) is 52.6 Å². The van der Waals surface area contributed by atoms with Gasteiger partial charge in [0, 0.05) is 0 Å². The number of fused-ring (bicyclic) bond motifs is 2. The minimum atomic E-state index is -0.993. The highest BCUT2D eigenvalue weighted by molar-refractivity contribution is 6.35. The van der Waals surface area contributed by atoms with Crippen LogP contribution in [0, 0.1) is 0 Å². The van der Waals surface area contributed by atoms with Crippen LogP contribution in [0.3, 0.4) is 0 Å². The van der Waals surface area contributed by atoms with E-state index in [1.54, 1.807) is 48.5 Å². The minimum absolute atomic E-state index is 0.179. The van der Waals surface area contributed by atoms with Crippen molar-refractivity contribution in [3.8, 4) is 11.1 Å².